The highest BCUT2D eigenvalue weighted by molar-refractivity contribution is 7.92. The molecule has 0 aliphatic carbocycles. The van der Waals surface area contributed by atoms with Crippen molar-refractivity contribution in [3.63, 3.8) is 0 Å². The van der Waals surface area contributed by atoms with Crippen LogP contribution in [0.25, 0.3) is 10.1 Å². The molecule has 1 aromatic heterocycles. The normalized spacial score (nSPS) is 20.6. The van der Waals surface area contributed by atoms with Crippen molar-refractivity contribution in [2.75, 3.05) is 71.8 Å². The van der Waals surface area contributed by atoms with Gasteiger partial charge in [-0.15, -0.1) is 11.3 Å². The molecule has 6 rings (SSSR count). The van der Waals surface area contributed by atoms with Gasteiger partial charge in [0.15, 0.2) is 17.7 Å². The second kappa shape index (κ2) is 18.5. The van der Waals surface area contributed by atoms with Crippen LogP contribution in [0.1, 0.15) is 12.0 Å². The molecule has 3 saturated heterocycles. The lowest BCUT2D eigenvalue weighted by atomic mass is 10.1. The fourth-order valence-electron chi connectivity index (χ4n) is 5.71. The van der Waals surface area contributed by atoms with E-state index in [1.165, 1.54) is 62.8 Å². The van der Waals surface area contributed by atoms with Crippen LogP contribution in [0.2, 0.25) is 0 Å². The summed E-state index contributed by atoms with van der Waals surface area (Å²) >= 11 is 1.01. The monoisotopic (exact) mass is 901 g/mol. The van der Waals surface area contributed by atoms with E-state index in [1.807, 2.05) is 10.8 Å². The van der Waals surface area contributed by atoms with Crippen molar-refractivity contribution in [3.05, 3.63) is 53.8 Å². The van der Waals surface area contributed by atoms with Crippen LogP contribution in [-0.2, 0) is 29.5 Å². The molecule has 0 radical (unpaired) electrons. The van der Waals surface area contributed by atoms with Crippen LogP contribution in [0.15, 0.2) is 46.7 Å². The van der Waals surface area contributed by atoms with E-state index in [1.54, 1.807) is 18.2 Å². The van der Waals surface area contributed by atoms with Gasteiger partial charge in [0.1, 0.15) is 86.0 Å². The summed E-state index contributed by atoms with van der Waals surface area (Å²) in [5.41, 5.74) is -1.92. The second-order valence-corrected chi connectivity index (χ2v) is 18.9. The Morgan fingerprint density at radius 3 is 1.95 bits per heavy atom. The van der Waals surface area contributed by atoms with Crippen molar-refractivity contribution < 1.29 is 95.4 Å². The summed E-state index contributed by atoms with van der Waals surface area (Å²) in [6, 6.07) is 11.4. The van der Waals surface area contributed by atoms with Gasteiger partial charge in [0.25, 0.3) is 10.0 Å². The number of sulfonamides is 1. The van der Waals surface area contributed by atoms with Crippen molar-refractivity contribution in [1.82, 2.24) is 4.72 Å². The number of thiophene rings is 1. The van der Waals surface area contributed by atoms with Gasteiger partial charge in [-0.05, 0) is 41.8 Å². The van der Waals surface area contributed by atoms with Crippen LogP contribution >= 0.6 is 18.9 Å². The number of aliphatic carboxylic acids is 1. The van der Waals surface area contributed by atoms with Gasteiger partial charge < -0.3 is 43.3 Å². The first-order valence-corrected chi connectivity index (χ1v) is 21.7. The zero-order valence-corrected chi connectivity index (χ0v) is 32.7. The molecule has 1 atom stereocenters. The molecule has 16 nitrogen and oxygen atoms in total. The molecule has 27 heteroatoms. The topological polar surface area (TPSA) is 254 Å². The van der Waals surface area contributed by atoms with E-state index in [4.69, 9.17) is 37.4 Å². The summed E-state index contributed by atoms with van der Waals surface area (Å²) in [6.45, 7) is 10.9. The van der Waals surface area contributed by atoms with E-state index in [0.717, 1.165) is 47.1 Å². The molecule has 3 aliphatic heterocycles. The number of hydrogen-bond donors (Lipinski definition) is 2. The Bertz CT molecular complexity index is 2190. The predicted molar refractivity (Wildman–Crippen MR) is 181 cm³/mol. The fourth-order valence-corrected chi connectivity index (χ4v) is 9.60. The molecule has 4 heterocycles. The third-order valence-corrected chi connectivity index (χ3v) is 13.7. The van der Waals surface area contributed by atoms with Crippen LogP contribution in [0.5, 0.6) is 11.5 Å². The van der Waals surface area contributed by atoms with E-state index in [9.17, 15) is 48.6 Å². The molecule has 3 aromatic rings. The lowest BCUT2D eigenvalue weighted by Crippen LogP contribution is -2.75. The van der Waals surface area contributed by atoms with E-state index in [0.29, 0.717) is 22.4 Å². The standard InChI is InChI=1S/C27H34FN5O6PS2.C2HF3O2.CHF3O3S/c28-25-18-24(3-2-21(25)19-30)39-40(34,35)20-31-42(36,37)27-17-22-16-23(4-5-26(22)41-27)38-15-14-33-11-8-32(9-12-33,10-13-33)7-1-6-29;3-2(4,5)1(6)7;2-1(3,4)8(5,6)7/h2-5,16-18,31H,1,6-15,20,29H2;(H,6,7);(H,5,6,7)/q+1;;/p-1. The number of quaternary nitrogens is 3. The number of carbonyl (C=O) groups excluding carboxylic acids is 1. The quantitative estimate of drug-likeness (QED) is 0.0795. The van der Waals surface area contributed by atoms with E-state index < -0.39 is 57.5 Å². The van der Waals surface area contributed by atoms with Crippen LogP contribution in [0.3, 0.4) is 0 Å². The van der Waals surface area contributed by atoms with Gasteiger partial charge in [0, 0.05) is 17.2 Å². The van der Waals surface area contributed by atoms with Crippen molar-refractivity contribution >= 4 is 55.1 Å². The summed E-state index contributed by atoms with van der Waals surface area (Å²) < 4.78 is 158. The smallest absolute Gasteiger partial charge is 0.485 e. The largest absolute Gasteiger partial charge is 0.768 e. The second-order valence-electron chi connectivity index (χ2n) is 12.7. The Morgan fingerprint density at radius 1 is 0.947 bits per heavy atom. The Kier molecular flexibility index (Phi) is 15.5. The van der Waals surface area contributed by atoms with Gasteiger partial charge in [-0.1, -0.05) is 0 Å². The zero-order valence-electron chi connectivity index (χ0n) is 29.4. The molecule has 0 saturated carbocycles. The molecule has 2 bridgehead atoms. The molecule has 318 valence electrons. The maximum absolute atomic E-state index is 13.8. The van der Waals surface area contributed by atoms with Crippen LogP contribution < -0.4 is 29.7 Å². The first kappa shape index (κ1) is 47.7. The summed E-state index contributed by atoms with van der Waals surface area (Å²) in [7, 11) is -15.0. The molecular formula is C30H35F7N5O11PS3. The summed E-state index contributed by atoms with van der Waals surface area (Å²) in [5.74, 6) is -3.66. The molecule has 57 heavy (non-hydrogen) atoms. The van der Waals surface area contributed by atoms with Crippen molar-refractivity contribution in [2.45, 2.75) is 22.3 Å². The highest BCUT2D eigenvalue weighted by atomic mass is 32.2. The minimum absolute atomic E-state index is 0.0560. The van der Waals surface area contributed by atoms with Crippen molar-refractivity contribution in [2.24, 2.45) is 0 Å². The highest BCUT2D eigenvalue weighted by Gasteiger charge is 2.48. The lowest BCUT2D eigenvalue weighted by Gasteiger charge is -2.55. The predicted octanol–water partition coefficient (Wildman–Crippen LogP) is 0.802. The number of benzene rings is 2. The number of alkyl halides is 6. The van der Waals surface area contributed by atoms with Gasteiger partial charge in [0.2, 0.25) is 0 Å². The van der Waals surface area contributed by atoms with Crippen LogP contribution in [-0.4, -0.2) is 120 Å². The molecule has 0 spiro atoms. The number of halogens is 7. The maximum Gasteiger partial charge on any atom is 0.485 e. The number of nitrogens with zero attached hydrogens (tertiary/aromatic N) is 3. The average Bonchev–Trinajstić information content (AvgIpc) is 3.55. The van der Waals surface area contributed by atoms with Gasteiger partial charge >= 0.3 is 11.7 Å². The SMILES string of the molecule is N#Cc1ccc(OP(=O)([O-])CNS(=O)(=O)c2cc3cc(OCC[N+]45CC[N+](CCC[NH3+])(CC4)CC5)ccc3s2)cc1F.O=C([O-])C(F)(F)F.O=S(=O)([O-])C(F)(F)F. The number of nitriles is 1. The molecule has 2 aromatic carbocycles. The molecule has 3 aliphatic rings. The summed E-state index contributed by atoms with van der Waals surface area (Å²) in [5, 5.41) is 18.2. The molecule has 1 unspecified atom stereocenters. The Morgan fingerprint density at radius 2 is 1.47 bits per heavy atom. The fraction of sp³-hybridized carbons (Fsp3) is 0.467. The number of nitrogens with one attached hydrogen (secondary N) is 1. The van der Waals surface area contributed by atoms with Gasteiger partial charge in [-0.2, -0.15) is 31.6 Å². The van der Waals surface area contributed by atoms with E-state index in [2.05, 4.69) is 5.73 Å². The number of piperazine rings is 3. The summed E-state index contributed by atoms with van der Waals surface area (Å²) in [6.07, 6.45) is -5.04. The first-order valence-electron chi connectivity index (χ1n) is 16.3. The molecule has 4 N–H and O–H groups in total. The summed E-state index contributed by atoms with van der Waals surface area (Å²) in [4.78, 5) is 21.1. The number of carbonyl (C=O) groups is 1. The number of rotatable bonds is 13. The Balaban J connectivity index is 0.000000491. The Labute approximate surface area is 325 Å². The van der Waals surface area contributed by atoms with Crippen molar-refractivity contribution in [3.8, 4) is 17.6 Å². The van der Waals surface area contributed by atoms with Gasteiger partial charge in [-0.25, -0.2) is 25.9 Å². The van der Waals surface area contributed by atoms with Crippen LogP contribution in [0.4, 0.5) is 30.7 Å². The zero-order chi connectivity index (χ0) is 43.1. The average molecular weight is 902 g/mol. The highest BCUT2D eigenvalue weighted by Crippen LogP contribution is 2.39. The number of hydrogen-bond acceptors (Lipinski definition) is 13. The third-order valence-electron chi connectivity index (χ3n) is 8.86. The molecular weight excluding hydrogens is 867 g/mol. The number of carboxylic acid groups (broad SMARTS) is 1. The Hall–Kier alpha value is -3.64. The van der Waals surface area contributed by atoms with E-state index >= 15 is 0 Å². The van der Waals surface area contributed by atoms with Crippen LogP contribution in [0, 0.1) is 17.1 Å². The maximum atomic E-state index is 13.8. The third kappa shape index (κ3) is 13.7. The van der Waals surface area contributed by atoms with Gasteiger partial charge in [-0.3, -0.25) is 4.57 Å². The lowest BCUT2D eigenvalue weighted by molar-refractivity contribution is -1.08. The van der Waals surface area contributed by atoms with Gasteiger partial charge in [0.05, 0.1) is 24.9 Å². The molecule has 3 fully saturated rings. The van der Waals surface area contributed by atoms with E-state index in [-0.39, 0.29) is 15.5 Å². The number of carboxylic acids is 1. The number of ether oxygens (including phenoxy) is 1. The first-order chi connectivity index (χ1) is 26.2. The minimum atomic E-state index is -6.09. The minimum Gasteiger partial charge on any atom is -0.768 e. The van der Waals surface area contributed by atoms with Crippen molar-refractivity contribution in [1.29, 1.82) is 5.26 Å². The molecule has 0 amide bonds. The number of fused-ring (bicyclic) bond motifs is 4.